The smallest absolute Gasteiger partial charge is 0.310 e. The first-order valence-corrected chi connectivity index (χ1v) is 6.99. The molecule has 0 saturated heterocycles. The molecule has 1 aromatic rings. The maximum Gasteiger partial charge on any atom is 0.310 e. The van der Waals surface area contributed by atoms with Gasteiger partial charge in [0.05, 0.1) is 4.92 Å². The number of carbonyl (C=O) groups is 1. The zero-order chi connectivity index (χ0) is 16.8. The van der Waals surface area contributed by atoms with Gasteiger partial charge in [-0.2, -0.15) is 0 Å². The lowest BCUT2D eigenvalue weighted by molar-refractivity contribution is -0.385. The van der Waals surface area contributed by atoms with Gasteiger partial charge in [0, 0.05) is 19.2 Å². The SMILES string of the molecule is CN(C)CC(C)(C)CNC(=O)COc1ccccc1[N+](=O)[O-]. The number of nitro groups is 1. The molecule has 0 fully saturated rings. The van der Waals surface area contributed by atoms with Crippen LogP contribution in [0.25, 0.3) is 0 Å². The lowest BCUT2D eigenvalue weighted by atomic mass is 9.93. The quantitative estimate of drug-likeness (QED) is 0.583. The number of carbonyl (C=O) groups excluding carboxylic acids is 1. The lowest BCUT2D eigenvalue weighted by Gasteiger charge is -2.28. The van der Waals surface area contributed by atoms with Crippen LogP contribution in [0.3, 0.4) is 0 Å². The first kappa shape index (κ1) is 17.9. The monoisotopic (exact) mass is 309 g/mol. The highest BCUT2D eigenvalue weighted by Gasteiger charge is 2.20. The molecule has 0 radical (unpaired) electrons. The molecule has 1 aromatic carbocycles. The number of rotatable bonds is 8. The van der Waals surface area contributed by atoms with E-state index in [1.165, 1.54) is 12.1 Å². The van der Waals surface area contributed by atoms with Crippen molar-refractivity contribution < 1.29 is 14.5 Å². The Labute approximate surface area is 130 Å². The summed E-state index contributed by atoms with van der Waals surface area (Å²) >= 11 is 0. The highest BCUT2D eigenvalue weighted by atomic mass is 16.6. The minimum Gasteiger partial charge on any atom is -0.477 e. The Hall–Kier alpha value is -2.15. The van der Waals surface area contributed by atoms with Gasteiger partial charge in [-0.3, -0.25) is 14.9 Å². The van der Waals surface area contributed by atoms with Crippen molar-refractivity contribution in [2.75, 3.05) is 33.8 Å². The second-order valence-corrected chi connectivity index (χ2v) is 6.19. The van der Waals surface area contributed by atoms with E-state index in [4.69, 9.17) is 4.74 Å². The number of benzene rings is 1. The molecule has 1 amide bonds. The van der Waals surface area contributed by atoms with E-state index >= 15 is 0 Å². The average Bonchev–Trinajstić information content (AvgIpc) is 2.42. The van der Waals surface area contributed by atoms with E-state index in [-0.39, 0.29) is 29.4 Å². The molecule has 0 unspecified atom stereocenters. The number of hydrogen-bond acceptors (Lipinski definition) is 5. The third-order valence-corrected chi connectivity index (χ3v) is 2.93. The minimum absolute atomic E-state index is 0.0715. The molecule has 22 heavy (non-hydrogen) atoms. The van der Waals surface area contributed by atoms with E-state index in [1.807, 2.05) is 14.1 Å². The molecular weight excluding hydrogens is 286 g/mol. The van der Waals surface area contributed by atoms with Gasteiger partial charge in [0.25, 0.3) is 5.91 Å². The molecule has 1 rings (SSSR count). The highest BCUT2D eigenvalue weighted by molar-refractivity contribution is 5.77. The van der Waals surface area contributed by atoms with Crippen molar-refractivity contribution in [3.05, 3.63) is 34.4 Å². The van der Waals surface area contributed by atoms with Crippen molar-refractivity contribution in [2.45, 2.75) is 13.8 Å². The zero-order valence-corrected chi connectivity index (χ0v) is 13.5. The van der Waals surface area contributed by atoms with Crippen LogP contribution in [0.15, 0.2) is 24.3 Å². The van der Waals surface area contributed by atoms with Crippen LogP contribution in [-0.4, -0.2) is 49.5 Å². The van der Waals surface area contributed by atoms with Gasteiger partial charge in [-0.15, -0.1) is 0 Å². The van der Waals surface area contributed by atoms with Crippen LogP contribution in [0, 0.1) is 15.5 Å². The maximum absolute atomic E-state index is 11.8. The third-order valence-electron chi connectivity index (χ3n) is 2.93. The van der Waals surface area contributed by atoms with Gasteiger partial charge in [0.1, 0.15) is 0 Å². The van der Waals surface area contributed by atoms with Gasteiger partial charge >= 0.3 is 5.69 Å². The van der Waals surface area contributed by atoms with E-state index in [2.05, 4.69) is 24.1 Å². The molecule has 0 heterocycles. The maximum atomic E-state index is 11.8. The highest BCUT2D eigenvalue weighted by Crippen LogP contribution is 2.25. The number of hydrogen-bond donors (Lipinski definition) is 1. The summed E-state index contributed by atoms with van der Waals surface area (Å²) in [6.45, 7) is 5.19. The van der Waals surface area contributed by atoms with E-state index in [0.717, 1.165) is 6.54 Å². The lowest BCUT2D eigenvalue weighted by Crippen LogP contribution is -2.41. The number of para-hydroxylation sites is 2. The molecule has 7 heteroatoms. The average molecular weight is 309 g/mol. The third kappa shape index (κ3) is 6.09. The van der Waals surface area contributed by atoms with Crippen molar-refractivity contribution in [3.8, 4) is 5.75 Å². The Morgan fingerprint density at radius 1 is 1.36 bits per heavy atom. The summed E-state index contributed by atoms with van der Waals surface area (Å²) in [6, 6.07) is 5.99. The summed E-state index contributed by atoms with van der Waals surface area (Å²) in [7, 11) is 3.95. The normalized spacial score (nSPS) is 11.3. The summed E-state index contributed by atoms with van der Waals surface area (Å²) in [5, 5.41) is 13.6. The number of amides is 1. The topological polar surface area (TPSA) is 84.7 Å². The van der Waals surface area contributed by atoms with Crippen molar-refractivity contribution in [1.82, 2.24) is 10.2 Å². The second-order valence-electron chi connectivity index (χ2n) is 6.19. The number of nitrogens with zero attached hydrogens (tertiary/aromatic N) is 2. The van der Waals surface area contributed by atoms with Crippen LogP contribution in [-0.2, 0) is 4.79 Å². The first-order valence-electron chi connectivity index (χ1n) is 6.99. The molecule has 0 aliphatic rings. The summed E-state index contributed by atoms with van der Waals surface area (Å²) in [4.78, 5) is 24.2. The van der Waals surface area contributed by atoms with Crippen LogP contribution < -0.4 is 10.1 Å². The summed E-state index contributed by atoms with van der Waals surface area (Å²) in [6.07, 6.45) is 0. The Bertz CT molecular complexity index is 529. The Morgan fingerprint density at radius 2 is 2.00 bits per heavy atom. The molecule has 1 N–H and O–H groups in total. The van der Waals surface area contributed by atoms with Crippen molar-refractivity contribution in [3.63, 3.8) is 0 Å². The molecule has 0 aliphatic carbocycles. The summed E-state index contributed by atoms with van der Waals surface area (Å²) in [5.41, 5.74) is -0.221. The van der Waals surface area contributed by atoms with Crippen LogP contribution in [0.5, 0.6) is 5.75 Å². The molecule has 0 aromatic heterocycles. The molecule has 0 saturated carbocycles. The van der Waals surface area contributed by atoms with E-state index in [0.29, 0.717) is 6.54 Å². The second kappa shape index (κ2) is 7.74. The van der Waals surface area contributed by atoms with Gasteiger partial charge in [-0.05, 0) is 25.6 Å². The fourth-order valence-electron chi connectivity index (χ4n) is 2.17. The van der Waals surface area contributed by atoms with Gasteiger partial charge in [-0.25, -0.2) is 0 Å². The predicted octanol–water partition coefficient (Wildman–Crippen LogP) is 1.68. The van der Waals surface area contributed by atoms with Crippen molar-refractivity contribution in [1.29, 1.82) is 0 Å². The van der Waals surface area contributed by atoms with E-state index in [9.17, 15) is 14.9 Å². The Balaban J connectivity index is 2.49. The fraction of sp³-hybridized carbons (Fsp3) is 0.533. The zero-order valence-electron chi connectivity index (χ0n) is 13.5. The Morgan fingerprint density at radius 3 is 2.59 bits per heavy atom. The van der Waals surface area contributed by atoms with Crippen LogP contribution >= 0.6 is 0 Å². The van der Waals surface area contributed by atoms with Crippen molar-refractivity contribution >= 4 is 11.6 Å². The van der Waals surface area contributed by atoms with Crippen LogP contribution in [0.2, 0.25) is 0 Å². The number of nitro benzene ring substituents is 1. The van der Waals surface area contributed by atoms with Crippen LogP contribution in [0.1, 0.15) is 13.8 Å². The minimum atomic E-state index is -0.534. The standard InChI is InChI=1S/C15H23N3O4/c1-15(2,11-17(3)4)10-16-14(19)9-22-13-8-6-5-7-12(13)18(20)21/h5-8H,9-11H2,1-4H3,(H,16,19). The van der Waals surface area contributed by atoms with E-state index < -0.39 is 4.92 Å². The largest absolute Gasteiger partial charge is 0.477 e. The van der Waals surface area contributed by atoms with Gasteiger partial charge in [0.2, 0.25) is 0 Å². The molecule has 122 valence electrons. The number of nitrogens with one attached hydrogen (secondary N) is 1. The van der Waals surface area contributed by atoms with Crippen LogP contribution in [0.4, 0.5) is 5.69 Å². The summed E-state index contributed by atoms with van der Waals surface area (Å²) in [5.74, 6) is -0.208. The molecule has 7 nitrogen and oxygen atoms in total. The molecular formula is C15H23N3O4. The molecule has 0 aliphatic heterocycles. The fourth-order valence-corrected chi connectivity index (χ4v) is 2.17. The summed E-state index contributed by atoms with van der Waals surface area (Å²) < 4.78 is 5.24. The number of ether oxygens (including phenoxy) is 1. The van der Waals surface area contributed by atoms with Gasteiger partial charge in [0.15, 0.2) is 12.4 Å². The van der Waals surface area contributed by atoms with Gasteiger partial charge < -0.3 is 15.0 Å². The molecule has 0 spiro atoms. The predicted molar refractivity (Wildman–Crippen MR) is 83.9 cm³/mol. The van der Waals surface area contributed by atoms with E-state index in [1.54, 1.807) is 12.1 Å². The Kier molecular flexibility index (Phi) is 6.30. The molecule has 0 atom stereocenters. The first-order chi connectivity index (χ1) is 10.2. The van der Waals surface area contributed by atoms with Crippen molar-refractivity contribution in [2.24, 2.45) is 5.41 Å². The molecule has 0 bridgehead atoms. The van der Waals surface area contributed by atoms with Gasteiger partial charge in [-0.1, -0.05) is 26.0 Å².